The summed E-state index contributed by atoms with van der Waals surface area (Å²) in [5, 5.41) is 2.31. The molecular formula is C22H19NO2S. The van der Waals surface area contributed by atoms with Crippen molar-refractivity contribution in [3.8, 4) is 11.1 Å². The zero-order chi connectivity index (χ0) is 18.3. The molecule has 4 rings (SSSR count). The van der Waals surface area contributed by atoms with Crippen LogP contribution < -0.4 is 0 Å². The third-order valence-corrected chi connectivity index (χ3v) is 5.79. The van der Waals surface area contributed by atoms with Crippen LogP contribution in [0.25, 0.3) is 31.4 Å². The summed E-state index contributed by atoms with van der Waals surface area (Å²) in [4.78, 5) is 17.9. The average Bonchev–Trinajstić information content (AvgIpc) is 3.01. The van der Waals surface area contributed by atoms with Crippen molar-refractivity contribution in [3.05, 3.63) is 65.4 Å². The Kier molecular flexibility index (Phi) is 4.21. The fraction of sp³-hybridized carbons (Fsp3) is 0.182. The smallest absolute Gasteiger partial charge is 0.310 e. The van der Waals surface area contributed by atoms with Gasteiger partial charge in [0.05, 0.1) is 13.5 Å². The fourth-order valence-corrected chi connectivity index (χ4v) is 4.51. The predicted molar refractivity (Wildman–Crippen MR) is 108 cm³/mol. The van der Waals surface area contributed by atoms with Crippen LogP contribution >= 0.6 is 11.3 Å². The van der Waals surface area contributed by atoms with E-state index in [-0.39, 0.29) is 12.4 Å². The van der Waals surface area contributed by atoms with Crippen LogP contribution in [0.2, 0.25) is 0 Å². The Balaban J connectivity index is 2.12. The van der Waals surface area contributed by atoms with Gasteiger partial charge in [0.15, 0.2) is 0 Å². The van der Waals surface area contributed by atoms with E-state index < -0.39 is 0 Å². The minimum absolute atomic E-state index is 0.221. The number of ether oxygens (including phenoxy) is 1. The molecule has 0 aliphatic heterocycles. The monoisotopic (exact) mass is 361 g/mol. The molecule has 0 amide bonds. The number of hydrogen-bond donors (Lipinski definition) is 0. The summed E-state index contributed by atoms with van der Waals surface area (Å²) in [6.07, 6.45) is 0.221. The van der Waals surface area contributed by atoms with E-state index in [2.05, 4.69) is 43.3 Å². The molecule has 2 heterocycles. The van der Waals surface area contributed by atoms with Crippen molar-refractivity contribution in [3.63, 3.8) is 0 Å². The largest absolute Gasteiger partial charge is 0.469 e. The molecule has 0 saturated heterocycles. The molecule has 4 aromatic rings. The summed E-state index contributed by atoms with van der Waals surface area (Å²) in [6.45, 7) is 4.05. The van der Waals surface area contributed by atoms with Crippen molar-refractivity contribution in [2.75, 3.05) is 7.11 Å². The highest BCUT2D eigenvalue weighted by Gasteiger charge is 2.20. The summed E-state index contributed by atoms with van der Waals surface area (Å²) >= 11 is 1.69. The number of fused-ring (bicyclic) bond motifs is 3. The number of esters is 1. The van der Waals surface area contributed by atoms with Crippen LogP contribution in [-0.4, -0.2) is 18.1 Å². The summed E-state index contributed by atoms with van der Waals surface area (Å²) in [5.41, 5.74) is 5.23. The number of benzene rings is 2. The number of aromatic nitrogens is 1. The molecule has 0 aliphatic rings. The number of pyridine rings is 1. The zero-order valence-corrected chi connectivity index (χ0v) is 15.8. The van der Waals surface area contributed by atoms with Crippen molar-refractivity contribution in [2.45, 2.75) is 20.3 Å². The Morgan fingerprint density at radius 1 is 1.08 bits per heavy atom. The highest BCUT2D eigenvalue weighted by atomic mass is 32.1. The van der Waals surface area contributed by atoms with Crippen LogP contribution in [0.4, 0.5) is 0 Å². The molecule has 0 unspecified atom stereocenters. The van der Waals surface area contributed by atoms with Crippen molar-refractivity contribution in [1.82, 2.24) is 4.98 Å². The Morgan fingerprint density at radius 3 is 2.54 bits per heavy atom. The summed E-state index contributed by atoms with van der Waals surface area (Å²) in [5.74, 6) is -0.248. The Labute approximate surface area is 156 Å². The van der Waals surface area contributed by atoms with E-state index in [0.717, 1.165) is 32.6 Å². The lowest BCUT2D eigenvalue weighted by Gasteiger charge is -2.14. The SMILES string of the molecule is COC(=O)Cc1c(C)nc2sc3ccccc3c2c1-c1ccc(C)cc1. The van der Waals surface area contributed by atoms with E-state index >= 15 is 0 Å². The second-order valence-electron chi connectivity index (χ2n) is 6.45. The molecule has 0 bridgehead atoms. The molecule has 2 aromatic carbocycles. The molecule has 0 atom stereocenters. The minimum Gasteiger partial charge on any atom is -0.469 e. The van der Waals surface area contributed by atoms with E-state index in [9.17, 15) is 4.79 Å². The van der Waals surface area contributed by atoms with Gasteiger partial charge in [0, 0.05) is 21.2 Å². The molecule has 2 aromatic heterocycles. The van der Waals surface area contributed by atoms with Gasteiger partial charge < -0.3 is 4.74 Å². The zero-order valence-electron chi connectivity index (χ0n) is 15.0. The van der Waals surface area contributed by atoms with Gasteiger partial charge in [0.2, 0.25) is 0 Å². The van der Waals surface area contributed by atoms with Crippen LogP contribution in [0.5, 0.6) is 0 Å². The second kappa shape index (κ2) is 6.54. The first kappa shape index (κ1) is 16.7. The highest BCUT2D eigenvalue weighted by molar-refractivity contribution is 7.25. The molecule has 4 heteroatoms. The topological polar surface area (TPSA) is 39.2 Å². The van der Waals surface area contributed by atoms with E-state index in [1.807, 2.05) is 19.1 Å². The number of hydrogen-bond acceptors (Lipinski definition) is 4. The maximum atomic E-state index is 12.1. The lowest BCUT2D eigenvalue weighted by molar-refractivity contribution is -0.139. The quantitative estimate of drug-likeness (QED) is 0.456. The number of carbonyl (C=O) groups excluding carboxylic acids is 1. The number of methoxy groups -OCH3 is 1. The van der Waals surface area contributed by atoms with Crippen LogP contribution in [0.3, 0.4) is 0 Å². The predicted octanol–water partition coefficient (Wildman–Crippen LogP) is 5.45. The lowest BCUT2D eigenvalue weighted by Crippen LogP contribution is -2.08. The average molecular weight is 361 g/mol. The molecule has 0 saturated carbocycles. The van der Waals surface area contributed by atoms with Crippen LogP contribution in [0.1, 0.15) is 16.8 Å². The van der Waals surface area contributed by atoms with E-state index in [1.54, 1.807) is 11.3 Å². The number of rotatable bonds is 3. The molecule has 26 heavy (non-hydrogen) atoms. The van der Waals surface area contributed by atoms with Crippen LogP contribution in [0.15, 0.2) is 48.5 Å². The maximum Gasteiger partial charge on any atom is 0.310 e. The van der Waals surface area contributed by atoms with Crippen LogP contribution in [-0.2, 0) is 16.0 Å². The molecule has 0 radical (unpaired) electrons. The standard InChI is InChI=1S/C22H19NO2S/c1-13-8-10-15(11-9-13)20-17(12-19(24)25-3)14(2)23-22-21(20)16-6-4-5-7-18(16)26-22/h4-11H,12H2,1-3H3. The Bertz CT molecular complexity index is 1130. The van der Waals surface area contributed by atoms with E-state index in [1.165, 1.54) is 22.8 Å². The van der Waals surface area contributed by atoms with Crippen LogP contribution in [0, 0.1) is 13.8 Å². The molecule has 0 fully saturated rings. The van der Waals surface area contributed by atoms with Gasteiger partial charge in [-0.05, 0) is 36.6 Å². The molecule has 3 nitrogen and oxygen atoms in total. The number of nitrogens with zero attached hydrogens (tertiary/aromatic N) is 1. The molecule has 130 valence electrons. The first-order valence-corrected chi connectivity index (χ1v) is 9.34. The van der Waals surface area contributed by atoms with Gasteiger partial charge in [-0.3, -0.25) is 4.79 Å². The number of thiophene rings is 1. The van der Waals surface area contributed by atoms with Gasteiger partial charge in [0.1, 0.15) is 4.83 Å². The summed E-state index contributed by atoms with van der Waals surface area (Å²) in [7, 11) is 1.43. The van der Waals surface area contributed by atoms with Gasteiger partial charge in [0.25, 0.3) is 0 Å². The molecule has 0 spiro atoms. The third kappa shape index (κ3) is 2.76. The van der Waals surface area contributed by atoms with Crippen molar-refractivity contribution >= 4 is 37.6 Å². The first-order chi connectivity index (χ1) is 12.6. The van der Waals surface area contributed by atoms with Gasteiger partial charge in [-0.1, -0.05) is 48.0 Å². The number of aryl methyl sites for hydroxylation is 2. The molecule has 0 aliphatic carbocycles. The second-order valence-corrected chi connectivity index (χ2v) is 7.48. The Hall–Kier alpha value is -2.72. The summed E-state index contributed by atoms with van der Waals surface area (Å²) in [6, 6.07) is 16.8. The van der Waals surface area contributed by atoms with Gasteiger partial charge in [-0.2, -0.15) is 0 Å². The first-order valence-electron chi connectivity index (χ1n) is 8.53. The van der Waals surface area contributed by atoms with E-state index in [4.69, 9.17) is 9.72 Å². The Morgan fingerprint density at radius 2 is 1.81 bits per heavy atom. The van der Waals surface area contributed by atoms with Crippen molar-refractivity contribution in [2.24, 2.45) is 0 Å². The van der Waals surface area contributed by atoms with Crippen molar-refractivity contribution < 1.29 is 9.53 Å². The van der Waals surface area contributed by atoms with Gasteiger partial charge >= 0.3 is 5.97 Å². The highest BCUT2D eigenvalue weighted by Crippen LogP contribution is 2.41. The minimum atomic E-state index is -0.248. The summed E-state index contributed by atoms with van der Waals surface area (Å²) < 4.78 is 6.14. The lowest BCUT2D eigenvalue weighted by atomic mass is 9.92. The molecule has 0 N–H and O–H groups in total. The van der Waals surface area contributed by atoms with Gasteiger partial charge in [-0.15, -0.1) is 11.3 Å². The number of carbonyl (C=O) groups is 1. The molecular weight excluding hydrogens is 342 g/mol. The van der Waals surface area contributed by atoms with Crippen molar-refractivity contribution in [1.29, 1.82) is 0 Å². The van der Waals surface area contributed by atoms with Gasteiger partial charge in [-0.25, -0.2) is 4.98 Å². The fourth-order valence-electron chi connectivity index (χ4n) is 3.38. The van der Waals surface area contributed by atoms with E-state index in [0.29, 0.717) is 0 Å². The maximum absolute atomic E-state index is 12.1. The normalized spacial score (nSPS) is 11.2. The third-order valence-electron chi connectivity index (χ3n) is 4.72.